The summed E-state index contributed by atoms with van der Waals surface area (Å²) in [4.78, 5) is 23.5. The highest BCUT2D eigenvalue weighted by molar-refractivity contribution is 5.67. The quantitative estimate of drug-likeness (QED) is 0.565. The molecule has 0 atom stereocenters. The summed E-state index contributed by atoms with van der Waals surface area (Å²) < 4.78 is 14.1. The fraction of sp³-hybridized carbons (Fsp3) is 0.500. The maximum atomic E-state index is 14.1. The van der Waals surface area contributed by atoms with Crippen molar-refractivity contribution in [2.45, 2.75) is 6.92 Å². The van der Waals surface area contributed by atoms with E-state index in [-0.39, 0.29) is 5.69 Å². The van der Waals surface area contributed by atoms with E-state index in [9.17, 15) is 24.6 Å². The first-order chi connectivity index (χ1) is 9.77. The predicted molar refractivity (Wildman–Crippen MR) is 76.1 cm³/mol. The lowest BCUT2D eigenvalue weighted by atomic mass is 10.2. The number of benzene rings is 1. The van der Waals surface area contributed by atoms with Crippen LogP contribution in [0, 0.1) is 26.0 Å². The average Bonchev–Trinajstić information content (AvgIpc) is 2.39. The van der Waals surface area contributed by atoms with Gasteiger partial charge in [-0.2, -0.15) is 0 Å². The van der Waals surface area contributed by atoms with Crippen molar-refractivity contribution in [1.29, 1.82) is 0 Å². The molecule has 0 saturated heterocycles. The molecule has 0 radical (unpaired) electrons. The first kappa shape index (κ1) is 16.8. The van der Waals surface area contributed by atoms with E-state index in [1.54, 1.807) is 6.92 Å². The molecule has 116 valence electrons. The Morgan fingerprint density at radius 1 is 1.14 bits per heavy atom. The topological polar surface area (TPSA) is 92.8 Å². The molecule has 9 heteroatoms. The second-order valence-electron chi connectivity index (χ2n) is 4.69. The number of nitro groups is 2. The van der Waals surface area contributed by atoms with Crippen molar-refractivity contribution in [3.8, 4) is 0 Å². The van der Waals surface area contributed by atoms with Gasteiger partial charge in [-0.15, -0.1) is 0 Å². The lowest BCUT2D eigenvalue weighted by Gasteiger charge is -2.24. The summed E-state index contributed by atoms with van der Waals surface area (Å²) in [7, 11) is 3.66. The molecular weight excluding hydrogens is 283 g/mol. The number of nitro benzene ring substituents is 2. The van der Waals surface area contributed by atoms with E-state index < -0.39 is 27.0 Å². The molecule has 0 saturated carbocycles. The summed E-state index contributed by atoms with van der Waals surface area (Å²) in [5, 5.41) is 21.8. The zero-order valence-corrected chi connectivity index (χ0v) is 12.1. The molecule has 0 aromatic heterocycles. The lowest BCUT2D eigenvalue weighted by molar-refractivity contribution is -0.394. The molecule has 8 nitrogen and oxygen atoms in total. The number of hydrogen-bond acceptors (Lipinski definition) is 6. The van der Waals surface area contributed by atoms with Crippen molar-refractivity contribution in [3.63, 3.8) is 0 Å². The van der Waals surface area contributed by atoms with Gasteiger partial charge in [0.25, 0.3) is 5.69 Å². The number of nitrogens with zero attached hydrogens (tertiary/aromatic N) is 4. The number of likely N-dealkylation sites (N-methyl/N-ethyl adjacent to an activating group) is 2. The summed E-state index contributed by atoms with van der Waals surface area (Å²) >= 11 is 0. The van der Waals surface area contributed by atoms with E-state index >= 15 is 0 Å². The predicted octanol–water partition coefficient (Wildman–Crippen LogP) is 2.03. The Morgan fingerprint density at radius 3 is 2.19 bits per heavy atom. The van der Waals surface area contributed by atoms with Crippen molar-refractivity contribution < 1.29 is 14.2 Å². The highest BCUT2D eigenvalue weighted by atomic mass is 19.1. The molecule has 0 bridgehead atoms. The monoisotopic (exact) mass is 300 g/mol. The third kappa shape index (κ3) is 4.09. The number of halogens is 1. The fourth-order valence-corrected chi connectivity index (χ4v) is 1.88. The van der Waals surface area contributed by atoms with Gasteiger partial charge in [0.15, 0.2) is 11.5 Å². The van der Waals surface area contributed by atoms with Gasteiger partial charge in [-0.05, 0) is 21.0 Å². The minimum absolute atomic E-state index is 0.213. The highest BCUT2D eigenvalue weighted by Gasteiger charge is 2.27. The van der Waals surface area contributed by atoms with E-state index in [0.717, 1.165) is 6.07 Å². The molecule has 0 N–H and O–H groups in total. The number of anilines is 1. The fourth-order valence-electron chi connectivity index (χ4n) is 1.88. The summed E-state index contributed by atoms with van der Waals surface area (Å²) in [5.41, 5.74) is -1.44. The Hall–Kier alpha value is -2.29. The largest absolute Gasteiger partial charge is 0.363 e. The van der Waals surface area contributed by atoms with E-state index in [1.165, 1.54) is 4.90 Å². The second-order valence-corrected chi connectivity index (χ2v) is 4.69. The smallest absolute Gasteiger partial charge is 0.302 e. The van der Waals surface area contributed by atoms with Crippen LogP contribution in [0.1, 0.15) is 6.92 Å². The molecule has 0 aliphatic carbocycles. The van der Waals surface area contributed by atoms with Crippen molar-refractivity contribution in [3.05, 3.63) is 38.2 Å². The maximum Gasteiger partial charge on any atom is 0.302 e. The first-order valence-electron chi connectivity index (χ1n) is 6.30. The van der Waals surface area contributed by atoms with E-state index in [2.05, 4.69) is 0 Å². The maximum absolute atomic E-state index is 14.1. The SMILES string of the molecule is CCN(CCN(C)C)c1c(F)cc([N+](=O)[O-])cc1[N+](=O)[O-]. The zero-order valence-electron chi connectivity index (χ0n) is 12.1. The number of hydrogen-bond donors (Lipinski definition) is 0. The number of rotatable bonds is 7. The van der Waals surface area contributed by atoms with E-state index in [4.69, 9.17) is 0 Å². The molecular formula is C12H17FN4O4. The summed E-state index contributed by atoms with van der Waals surface area (Å²) in [5.74, 6) is -0.962. The molecule has 0 aliphatic rings. The van der Waals surface area contributed by atoms with Crippen LogP contribution < -0.4 is 4.90 Å². The second kappa shape index (κ2) is 6.93. The molecule has 0 spiro atoms. The van der Waals surface area contributed by atoms with Gasteiger partial charge in [0.05, 0.1) is 22.0 Å². The van der Waals surface area contributed by atoms with Gasteiger partial charge in [0.1, 0.15) is 0 Å². The molecule has 0 fully saturated rings. The van der Waals surface area contributed by atoms with Crippen LogP contribution in [-0.4, -0.2) is 48.5 Å². The molecule has 1 rings (SSSR count). The average molecular weight is 300 g/mol. The van der Waals surface area contributed by atoms with Gasteiger partial charge < -0.3 is 9.80 Å². The highest BCUT2D eigenvalue weighted by Crippen LogP contribution is 2.35. The van der Waals surface area contributed by atoms with Crippen molar-refractivity contribution in [1.82, 2.24) is 4.90 Å². The molecule has 0 aliphatic heterocycles. The van der Waals surface area contributed by atoms with Gasteiger partial charge in [0, 0.05) is 19.6 Å². The molecule has 0 amide bonds. The van der Waals surface area contributed by atoms with Gasteiger partial charge in [0.2, 0.25) is 0 Å². The van der Waals surface area contributed by atoms with Crippen LogP contribution in [0.4, 0.5) is 21.5 Å². The van der Waals surface area contributed by atoms with Gasteiger partial charge >= 0.3 is 5.69 Å². The summed E-state index contributed by atoms with van der Waals surface area (Å²) in [6, 6.07) is 1.50. The molecule has 21 heavy (non-hydrogen) atoms. The third-order valence-corrected chi connectivity index (χ3v) is 2.95. The molecule has 1 aromatic rings. The van der Waals surface area contributed by atoms with E-state index in [1.807, 2.05) is 19.0 Å². The van der Waals surface area contributed by atoms with E-state index in [0.29, 0.717) is 25.7 Å². The molecule has 0 unspecified atom stereocenters. The zero-order chi connectivity index (χ0) is 16.2. The van der Waals surface area contributed by atoms with Gasteiger partial charge in [-0.1, -0.05) is 0 Å². The standard InChI is InChI=1S/C12H17FN4O4/c1-4-15(6-5-14(2)3)12-10(13)7-9(16(18)19)8-11(12)17(20)21/h7-8H,4-6H2,1-3H3. The Morgan fingerprint density at radius 2 is 1.76 bits per heavy atom. The first-order valence-corrected chi connectivity index (χ1v) is 6.30. The van der Waals surface area contributed by atoms with Crippen LogP contribution in [0.15, 0.2) is 12.1 Å². The van der Waals surface area contributed by atoms with Crippen LogP contribution in [0.25, 0.3) is 0 Å². The van der Waals surface area contributed by atoms with Crippen molar-refractivity contribution in [2.24, 2.45) is 0 Å². The molecule has 1 aromatic carbocycles. The summed E-state index contributed by atoms with van der Waals surface area (Å²) in [6.45, 7) is 3.03. The van der Waals surface area contributed by atoms with Crippen molar-refractivity contribution in [2.75, 3.05) is 38.6 Å². The Balaban J connectivity index is 3.31. The Kier molecular flexibility index (Phi) is 5.53. The van der Waals surface area contributed by atoms with Gasteiger partial charge in [-0.25, -0.2) is 4.39 Å². The number of non-ortho nitro benzene ring substituents is 1. The minimum atomic E-state index is -0.962. The minimum Gasteiger partial charge on any atom is -0.363 e. The van der Waals surface area contributed by atoms with Crippen LogP contribution >= 0.6 is 0 Å². The van der Waals surface area contributed by atoms with Crippen LogP contribution in [-0.2, 0) is 0 Å². The van der Waals surface area contributed by atoms with Crippen molar-refractivity contribution >= 4 is 17.1 Å². The van der Waals surface area contributed by atoms with Crippen LogP contribution in [0.3, 0.4) is 0 Å². The Labute approximate surface area is 121 Å². The van der Waals surface area contributed by atoms with Crippen LogP contribution in [0.5, 0.6) is 0 Å². The summed E-state index contributed by atoms with van der Waals surface area (Å²) in [6.07, 6.45) is 0. The normalized spacial score (nSPS) is 10.7. The van der Waals surface area contributed by atoms with Gasteiger partial charge in [-0.3, -0.25) is 20.2 Å². The molecule has 0 heterocycles. The lowest BCUT2D eigenvalue weighted by Crippen LogP contribution is -2.32. The third-order valence-electron chi connectivity index (χ3n) is 2.95. The van der Waals surface area contributed by atoms with Crippen LogP contribution in [0.2, 0.25) is 0 Å². The Bertz CT molecular complexity index is 550.